The number of fused-ring (bicyclic) bond motifs is 3. The average Bonchev–Trinajstić information content (AvgIpc) is 3.10. The lowest BCUT2D eigenvalue weighted by Crippen LogP contribution is -2.31. The zero-order chi connectivity index (χ0) is 14.9. The van der Waals surface area contributed by atoms with Crippen molar-refractivity contribution in [3.05, 3.63) is 60.2 Å². The Morgan fingerprint density at radius 1 is 1.00 bits per heavy atom. The molecule has 1 aliphatic rings. The summed E-state index contributed by atoms with van der Waals surface area (Å²) in [4.78, 5) is 12.5. The second-order valence-corrected chi connectivity index (χ2v) is 6.09. The van der Waals surface area contributed by atoms with Crippen molar-refractivity contribution in [1.82, 2.24) is 5.32 Å². The Morgan fingerprint density at radius 2 is 1.73 bits per heavy atom. The molecule has 3 aromatic carbocycles. The van der Waals surface area contributed by atoms with Gasteiger partial charge >= 0.3 is 0 Å². The van der Waals surface area contributed by atoms with E-state index in [-0.39, 0.29) is 6.04 Å². The fourth-order valence-electron chi connectivity index (χ4n) is 3.55. The highest BCUT2D eigenvalue weighted by Gasteiger charge is 2.22. The predicted octanol–water partition coefficient (Wildman–Crippen LogP) is 3.86. The summed E-state index contributed by atoms with van der Waals surface area (Å²) in [6, 6.07) is 19.0. The number of benzene rings is 3. The van der Waals surface area contributed by atoms with Gasteiger partial charge in [-0.1, -0.05) is 54.6 Å². The summed E-state index contributed by atoms with van der Waals surface area (Å²) in [5.41, 5.74) is 1.15. The quantitative estimate of drug-likeness (QED) is 0.742. The zero-order valence-corrected chi connectivity index (χ0v) is 12.5. The van der Waals surface area contributed by atoms with Crippen LogP contribution in [0.25, 0.3) is 21.5 Å². The molecule has 1 N–H and O–H groups in total. The fourth-order valence-corrected chi connectivity index (χ4v) is 3.55. The molecule has 0 spiro atoms. The highest BCUT2D eigenvalue weighted by Crippen LogP contribution is 2.29. The molecular formula is C20H19NO. The van der Waals surface area contributed by atoms with Crippen LogP contribution < -0.4 is 5.32 Å². The van der Waals surface area contributed by atoms with Gasteiger partial charge in [0.25, 0.3) is 0 Å². The minimum Gasteiger partial charge on any atom is -0.307 e. The maximum Gasteiger partial charge on any atom is 0.154 e. The second kappa shape index (κ2) is 5.54. The van der Waals surface area contributed by atoms with Crippen LogP contribution in [-0.2, 0) is 11.2 Å². The van der Waals surface area contributed by atoms with Gasteiger partial charge in [-0.25, -0.2) is 0 Å². The SMILES string of the molecule is O=C(Cc1cc2ccccc2c2ccccc12)C1CCCN1. The monoisotopic (exact) mass is 289 g/mol. The third-order valence-electron chi connectivity index (χ3n) is 4.67. The molecule has 2 nitrogen and oxygen atoms in total. The molecule has 0 aliphatic carbocycles. The van der Waals surface area contributed by atoms with Crippen LogP contribution in [-0.4, -0.2) is 18.4 Å². The van der Waals surface area contributed by atoms with Crippen LogP contribution >= 0.6 is 0 Å². The number of hydrogen-bond acceptors (Lipinski definition) is 2. The maximum absolute atomic E-state index is 12.5. The standard InChI is InChI=1S/C20H19NO/c22-20(19-10-5-11-21-19)13-15-12-14-6-1-2-7-16(14)18-9-4-3-8-17(15)18/h1-4,6-9,12,19,21H,5,10-11,13H2. The van der Waals surface area contributed by atoms with Crippen molar-refractivity contribution in [3.63, 3.8) is 0 Å². The van der Waals surface area contributed by atoms with E-state index in [4.69, 9.17) is 0 Å². The first-order valence-corrected chi connectivity index (χ1v) is 7.98. The van der Waals surface area contributed by atoms with Crippen LogP contribution in [0.2, 0.25) is 0 Å². The van der Waals surface area contributed by atoms with Crippen LogP contribution in [0.15, 0.2) is 54.6 Å². The van der Waals surface area contributed by atoms with Gasteiger partial charge in [0, 0.05) is 6.42 Å². The van der Waals surface area contributed by atoms with Gasteiger partial charge in [-0.2, -0.15) is 0 Å². The van der Waals surface area contributed by atoms with Gasteiger partial charge in [0.15, 0.2) is 5.78 Å². The van der Waals surface area contributed by atoms with Crippen molar-refractivity contribution in [3.8, 4) is 0 Å². The largest absolute Gasteiger partial charge is 0.307 e. The van der Waals surface area contributed by atoms with Crippen LogP contribution in [0.4, 0.5) is 0 Å². The molecule has 0 bridgehead atoms. The van der Waals surface area contributed by atoms with E-state index < -0.39 is 0 Å². The molecular weight excluding hydrogens is 270 g/mol. The Labute approximate surface area is 130 Å². The highest BCUT2D eigenvalue weighted by atomic mass is 16.1. The molecule has 0 radical (unpaired) electrons. The van der Waals surface area contributed by atoms with Gasteiger partial charge in [0.05, 0.1) is 6.04 Å². The Balaban J connectivity index is 1.83. The molecule has 4 rings (SSSR count). The van der Waals surface area contributed by atoms with Crippen molar-refractivity contribution in [1.29, 1.82) is 0 Å². The molecule has 1 heterocycles. The van der Waals surface area contributed by atoms with E-state index in [1.165, 1.54) is 21.5 Å². The summed E-state index contributed by atoms with van der Waals surface area (Å²) in [5, 5.41) is 8.22. The van der Waals surface area contributed by atoms with E-state index in [2.05, 4.69) is 59.9 Å². The third-order valence-corrected chi connectivity index (χ3v) is 4.67. The lowest BCUT2D eigenvalue weighted by molar-refractivity contribution is -0.120. The van der Waals surface area contributed by atoms with Gasteiger partial charge in [0.2, 0.25) is 0 Å². The zero-order valence-electron chi connectivity index (χ0n) is 12.5. The average molecular weight is 289 g/mol. The number of hydrogen-bond donors (Lipinski definition) is 1. The molecule has 110 valence electrons. The highest BCUT2D eigenvalue weighted by molar-refractivity contribution is 6.10. The molecule has 1 aliphatic heterocycles. The third kappa shape index (κ3) is 2.30. The smallest absolute Gasteiger partial charge is 0.154 e. The molecule has 1 unspecified atom stereocenters. The summed E-state index contributed by atoms with van der Waals surface area (Å²) >= 11 is 0. The van der Waals surface area contributed by atoms with E-state index in [0.29, 0.717) is 12.2 Å². The summed E-state index contributed by atoms with van der Waals surface area (Å²) in [6.07, 6.45) is 2.60. The Morgan fingerprint density at radius 3 is 2.50 bits per heavy atom. The number of Topliss-reactive ketones (excluding diaryl/α,β-unsaturated/α-hetero) is 1. The molecule has 0 saturated carbocycles. The molecule has 1 atom stereocenters. The minimum atomic E-state index is 0.0465. The summed E-state index contributed by atoms with van der Waals surface area (Å²) in [7, 11) is 0. The number of carbonyl (C=O) groups is 1. The summed E-state index contributed by atoms with van der Waals surface area (Å²) in [6.45, 7) is 0.967. The maximum atomic E-state index is 12.5. The first kappa shape index (κ1) is 13.5. The predicted molar refractivity (Wildman–Crippen MR) is 91.2 cm³/mol. The first-order valence-electron chi connectivity index (χ1n) is 7.98. The van der Waals surface area contributed by atoms with Crippen LogP contribution in [0.5, 0.6) is 0 Å². The minimum absolute atomic E-state index is 0.0465. The summed E-state index contributed by atoms with van der Waals surface area (Å²) in [5.74, 6) is 0.318. The van der Waals surface area contributed by atoms with Crippen LogP contribution in [0, 0.1) is 0 Å². The van der Waals surface area contributed by atoms with Gasteiger partial charge < -0.3 is 5.32 Å². The Kier molecular flexibility index (Phi) is 3.39. The molecule has 2 heteroatoms. The fraction of sp³-hybridized carbons (Fsp3) is 0.250. The molecule has 22 heavy (non-hydrogen) atoms. The van der Waals surface area contributed by atoms with Crippen molar-refractivity contribution in [2.75, 3.05) is 6.54 Å². The van der Waals surface area contributed by atoms with E-state index in [1.54, 1.807) is 0 Å². The van der Waals surface area contributed by atoms with Crippen molar-refractivity contribution >= 4 is 27.3 Å². The van der Waals surface area contributed by atoms with Crippen LogP contribution in [0.3, 0.4) is 0 Å². The van der Waals surface area contributed by atoms with Gasteiger partial charge in [-0.05, 0) is 46.5 Å². The molecule has 0 amide bonds. The van der Waals surface area contributed by atoms with Crippen molar-refractivity contribution < 1.29 is 4.79 Å². The van der Waals surface area contributed by atoms with Crippen LogP contribution in [0.1, 0.15) is 18.4 Å². The topological polar surface area (TPSA) is 29.1 Å². The van der Waals surface area contributed by atoms with Gasteiger partial charge in [0.1, 0.15) is 0 Å². The Bertz CT molecular complexity index is 847. The van der Waals surface area contributed by atoms with Gasteiger partial charge in [-0.3, -0.25) is 4.79 Å². The van der Waals surface area contributed by atoms with E-state index in [1.807, 2.05) is 0 Å². The second-order valence-electron chi connectivity index (χ2n) is 6.09. The number of ketones is 1. The number of nitrogens with one attached hydrogen (secondary N) is 1. The number of carbonyl (C=O) groups excluding carboxylic acids is 1. The van der Waals surface area contributed by atoms with Gasteiger partial charge in [-0.15, -0.1) is 0 Å². The molecule has 0 aromatic heterocycles. The first-order chi connectivity index (χ1) is 10.8. The van der Waals surface area contributed by atoms with E-state index in [9.17, 15) is 4.79 Å². The summed E-state index contributed by atoms with van der Waals surface area (Å²) < 4.78 is 0. The van der Waals surface area contributed by atoms with Crippen molar-refractivity contribution in [2.24, 2.45) is 0 Å². The molecule has 3 aromatic rings. The molecule has 1 saturated heterocycles. The van der Waals surface area contributed by atoms with E-state index in [0.717, 1.165) is 24.9 Å². The normalized spacial score (nSPS) is 18.1. The Hall–Kier alpha value is -2.19. The lowest BCUT2D eigenvalue weighted by atomic mass is 9.93. The lowest BCUT2D eigenvalue weighted by Gasteiger charge is -2.13. The molecule has 1 fully saturated rings. The number of rotatable bonds is 3. The van der Waals surface area contributed by atoms with E-state index >= 15 is 0 Å². The van der Waals surface area contributed by atoms with Crippen molar-refractivity contribution in [2.45, 2.75) is 25.3 Å².